The summed E-state index contributed by atoms with van der Waals surface area (Å²) < 4.78 is 9.71. The Balaban J connectivity index is 1.78. The quantitative estimate of drug-likeness (QED) is 0.330. The summed E-state index contributed by atoms with van der Waals surface area (Å²) >= 11 is 0. The van der Waals surface area contributed by atoms with Crippen molar-refractivity contribution in [1.82, 2.24) is 5.32 Å². The second-order valence-corrected chi connectivity index (χ2v) is 5.76. The van der Waals surface area contributed by atoms with Gasteiger partial charge in [-0.3, -0.25) is 14.9 Å². The highest BCUT2D eigenvalue weighted by Gasteiger charge is 2.12. The number of benzene rings is 1. The minimum Gasteiger partial charge on any atom is -0.452 e. The van der Waals surface area contributed by atoms with Gasteiger partial charge in [-0.05, 0) is 36.6 Å². The molecule has 0 aliphatic heterocycles. The molecule has 1 amide bonds. The van der Waals surface area contributed by atoms with Gasteiger partial charge in [-0.15, -0.1) is 0 Å². The Morgan fingerprint density at radius 1 is 1.26 bits per heavy atom. The van der Waals surface area contributed by atoms with Gasteiger partial charge >= 0.3 is 11.9 Å². The van der Waals surface area contributed by atoms with E-state index < -0.39 is 29.3 Å². The summed E-state index contributed by atoms with van der Waals surface area (Å²) in [7, 11) is 0. The number of carbonyl (C=O) groups excluding carboxylic acids is 2. The van der Waals surface area contributed by atoms with E-state index in [2.05, 4.69) is 12.2 Å². The predicted molar refractivity (Wildman–Crippen MR) is 97.7 cm³/mol. The molecule has 8 nitrogen and oxygen atoms in total. The molecule has 0 saturated carbocycles. The zero-order valence-electron chi connectivity index (χ0n) is 15.0. The fourth-order valence-corrected chi connectivity index (χ4v) is 2.27. The maximum absolute atomic E-state index is 11.9. The number of ether oxygens (including phenoxy) is 1. The average Bonchev–Trinajstić information content (AvgIpc) is 3.14. The number of hydrogen-bond donors (Lipinski definition) is 1. The first kappa shape index (κ1) is 19.9. The van der Waals surface area contributed by atoms with Crippen LogP contribution >= 0.6 is 0 Å². The SMILES string of the molecule is CCc1ccc([C@@H](C)NC(=O)COC(=O)/C=C/c2ccc([N+](=O)[O-])o2)cc1. The Morgan fingerprint density at radius 3 is 2.56 bits per heavy atom. The van der Waals surface area contributed by atoms with Crippen LogP contribution in [0.5, 0.6) is 0 Å². The van der Waals surface area contributed by atoms with Gasteiger partial charge in [-0.2, -0.15) is 0 Å². The highest BCUT2D eigenvalue weighted by Crippen LogP contribution is 2.16. The Labute approximate surface area is 156 Å². The van der Waals surface area contributed by atoms with Gasteiger partial charge in [0, 0.05) is 6.08 Å². The smallest absolute Gasteiger partial charge is 0.433 e. The monoisotopic (exact) mass is 372 g/mol. The summed E-state index contributed by atoms with van der Waals surface area (Å²) in [6.45, 7) is 3.47. The minimum atomic E-state index is -0.760. The van der Waals surface area contributed by atoms with Crippen LogP contribution in [0.4, 0.5) is 5.88 Å². The van der Waals surface area contributed by atoms with Crippen LogP contribution in [-0.4, -0.2) is 23.4 Å². The van der Waals surface area contributed by atoms with E-state index in [9.17, 15) is 19.7 Å². The zero-order chi connectivity index (χ0) is 19.8. The molecule has 0 aliphatic carbocycles. The molecule has 0 saturated heterocycles. The second-order valence-electron chi connectivity index (χ2n) is 5.76. The van der Waals surface area contributed by atoms with Crippen molar-refractivity contribution in [3.05, 3.63) is 69.5 Å². The lowest BCUT2D eigenvalue weighted by Crippen LogP contribution is -2.30. The van der Waals surface area contributed by atoms with Crippen LogP contribution in [-0.2, 0) is 20.7 Å². The molecule has 8 heteroatoms. The molecule has 142 valence electrons. The van der Waals surface area contributed by atoms with Crippen LogP contribution in [0.25, 0.3) is 6.08 Å². The minimum absolute atomic E-state index is 0.132. The fourth-order valence-electron chi connectivity index (χ4n) is 2.27. The van der Waals surface area contributed by atoms with Gasteiger partial charge in [0.2, 0.25) is 0 Å². The number of furan rings is 1. The third-order valence-corrected chi connectivity index (χ3v) is 3.79. The van der Waals surface area contributed by atoms with Crippen molar-refractivity contribution in [1.29, 1.82) is 0 Å². The molecule has 0 bridgehead atoms. The van der Waals surface area contributed by atoms with E-state index in [0.717, 1.165) is 18.1 Å². The Bertz CT molecular complexity index is 838. The van der Waals surface area contributed by atoms with Crippen LogP contribution < -0.4 is 5.32 Å². The molecule has 1 N–H and O–H groups in total. The number of carbonyl (C=O) groups is 2. The van der Waals surface area contributed by atoms with E-state index in [0.29, 0.717) is 0 Å². The number of nitrogens with one attached hydrogen (secondary N) is 1. The van der Waals surface area contributed by atoms with Crippen molar-refractivity contribution in [3.63, 3.8) is 0 Å². The summed E-state index contributed by atoms with van der Waals surface area (Å²) in [4.78, 5) is 33.3. The number of rotatable bonds is 8. The van der Waals surface area contributed by atoms with E-state index in [1.54, 1.807) is 0 Å². The largest absolute Gasteiger partial charge is 0.452 e. The molecule has 27 heavy (non-hydrogen) atoms. The lowest BCUT2D eigenvalue weighted by molar-refractivity contribution is -0.402. The van der Waals surface area contributed by atoms with Crippen LogP contribution in [0.2, 0.25) is 0 Å². The van der Waals surface area contributed by atoms with E-state index in [-0.39, 0.29) is 11.8 Å². The lowest BCUT2D eigenvalue weighted by Gasteiger charge is -2.14. The molecular weight excluding hydrogens is 352 g/mol. The van der Waals surface area contributed by atoms with Gasteiger partial charge in [0.15, 0.2) is 6.61 Å². The highest BCUT2D eigenvalue weighted by atomic mass is 16.6. The van der Waals surface area contributed by atoms with Crippen molar-refractivity contribution in [2.45, 2.75) is 26.3 Å². The maximum Gasteiger partial charge on any atom is 0.433 e. The topological polar surface area (TPSA) is 112 Å². The lowest BCUT2D eigenvalue weighted by atomic mass is 10.1. The van der Waals surface area contributed by atoms with Gasteiger partial charge < -0.3 is 14.5 Å². The molecular formula is C19H20N2O6. The van der Waals surface area contributed by atoms with Crippen molar-refractivity contribution in [3.8, 4) is 0 Å². The van der Waals surface area contributed by atoms with E-state index in [1.807, 2.05) is 31.2 Å². The van der Waals surface area contributed by atoms with Crippen molar-refractivity contribution in [2.75, 3.05) is 6.61 Å². The van der Waals surface area contributed by atoms with Crippen molar-refractivity contribution >= 4 is 23.8 Å². The second kappa shape index (κ2) is 9.33. The Morgan fingerprint density at radius 2 is 1.96 bits per heavy atom. The molecule has 1 heterocycles. The molecule has 2 aromatic rings. The number of aryl methyl sites for hydroxylation is 1. The summed E-state index contributed by atoms with van der Waals surface area (Å²) in [6, 6.07) is 10.2. The average molecular weight is 372 g/mol. The summed E-state index contributed by atoms with van der Waals surface area (Å²) in [6.07, 6.45) is 3.20. The maximum atomic E-state index is 11.9. The number of nitro groups is 1. The Kier molecular flexibility index (Phi) is 6.87. The van der Waals surface area contributed by atoms with Crippen LogP contribution in [0.3, 0.4) is 0 Å². The molecule has 1 aromatic carbocycles. The third-order valence-electron chi connectivity index (χ3n) is 3.79. The third kappa shape index (κ3) is 6.10. The number of hydrogen-bond acceptors (Lipinski definition) is 6. The first-order chi connectivity index (χ1) is 12.9. The normalized spacial score (nSPS) is 11.9. The highest BCUT2D eigenvalue weighted by molar-refractivity contribution is 5.89. The molecule has 2 rings (SSSR count). The molecule has 0 aliphatic rings. The molecule has 1 atom stereocenters. The first-order valence-corrected chi connectivity index (χ1v) is 8.36. The van der Waals surface area contributed by atoms with Crippen molar-refractivity contribution in [2.24, 2.45) is 0 Å². The van der Waals surface area contributed by atoms with Gasteiger partial charge in [0.25, 0.3) is 5.91 Å². The van der Waals surface area contributed by atoms with Crippen LogP contribution in [0.15, 0.2) is 46.9 Å². The molecule has 0 radical (unpaired) electrons. The van der Waals surface area contributed by atoms with Gasteiger partial charge in [0.05, 0.1) is 12.1 Å². The Hall–Kier alpha value is -3.42. The number of amides is 1. The number of nitrogens with zero attached hydrogens (tertiary/aromatic N) is 1. The van der Waals surface area contributed by atoms with Crippen LogP contribution in [0.1, 0.15) is 36.8 Å². The first-order valence-electron chi connectivity index (χ1n) is 8.36. The van der Waals surface area contributed by atoms with Crippen molar-refractivity contribution < 1.29 is 23.7 Å². The van der Waals surface area contributed by atoms with Gasteiger partial charge in [-0.25, -0.2) is 4.79 Å². The van der Waals surface area contributed by atoms with E-state index >= 15 is 0 Å². The summed E-state index contributed by atoms with van der Waals surface area (Å²) in [5.74, 6) is -1.49. The fraction of sp³-hybridized carbons (Fsp3) is 0.263. The zero-order valence-corrected chi connectivity index (χ0v) is 15.0. The van der Waals surface area contributed by atoms with Gasteiger partial charge in [-0.1, -0.05) is 31.2 Å². The molecule has 0 fully saturated rings. The van der Waals surface area contributed by atoms with E-state index in [4.69, 9.17) is 9.15 Å². The predicted octanol–water partition coefficient (Wildman–Crippen LogP) is 3.18. The summed E-state index contributed by atoms with van der Waals surface area (Å²) in [5, 5.41) is 13.2. The molecule has 0 spiro atoms. The van der Waals surface area contributed by atoms with Gasteiger partial charge in [0.1, 0.15) is 10.7 Å². The standard InChI is InChI=1S/C19H20N2O6/c1-3-14-4-6-15(7-5-14)13(2)20-17(22)12-26-19(23)11-9-16-8-10-18(27-16)21(24)25/h4-11,13H,3,12H2,1-2H3,(H,20,22)/b11-9+/t13-/m1/s1. The molecule has 1 aromatic heterocycles. The molecule has 0 unspecified atom stereocenters. The summed E-state index contributed by atoms with van der Waals surface area (Å²) in [5.41, 5.74) is 2.16. The number of esters is 1. The van der Waals surface area contributed by atoms with E-state index in [1.165, 1.54) is 23.8 Å². The van der Waals surface area contributed by atoms with Crippen LogP contribution in [0, 0.1) is 10.1 Å².